The monoisotopic (exact) mass is 428 g/mol. The molecule has 0 aliphatic carbocycles. The number of pyridine rings is 1. The number of aromatic nitrogens is 1. The Hall–Kier alpha value is -2.61. The number of hydrogen-bond donors (Lipinski definition) is 2. The van der Waals surface area contributed by atoms with Crippen molar-refractivity contribution in [2.24, 2.45) is 0 Å². The highest BCUT2D eigenvalue weighted by molar-refractivity contribution is 7.88. The first-order valence-electron chi connectivity index (χ1n) is 9.15. The average Bonchev–Trinajstić information content (AvgIpc) is 2.69. The van der Waals surface area contributed by atoms with Crippen molar-refractivity contribution in [3.8, 4) is 11.1 Å². The Morgan fingerprint density at radius 3 is 2.66 bits per heavy atom. The van der Waals surface area contributed by atoms with E-state index in [0.717, 1.165) is 27.9 Å². The number of benzene rings is 2. The molecule has 2 aromatic carbocycles. The number of halogens is 1. The molecule has 8 heteroatoms. The summed E-state index contributed by atoms with van der Waals surface area (Å²) in [6.45, 7) is 0.851. The van der Waals surface area contributed by atoms with Crippen LogP contribution in [-0.4, -0.2) is 30.5 Å². The number of nitrogens with two attached hydrogens (primary N) is 1. The molecule has 0 amide bonds. The lowest BCUT2D eigenvalue weighted by molar-refractivity contribution is 0.395. The van der Waals surface area contributed by atoms with E-state index in [1.54, 1.807) is 6.20 Å². The van der Waals surface area contributed by atoms with Crippen LogP contribution in [0.3, 0.4) is 0 Å². The molecular formula is C21H21ClN4O2S. The van der Waals surface area contributed by atoms with Crippen LogP contribution in [0.4, 0.5) is 17.2 Å². The molecule has 0 saturated carbocycles. The van der Waals surface area contributed by atoms with Gasteiger partial charge in [-0.3, -0.25) is 0 Å². The van der Waals surface area contributed by atoms with Crippen LogP contribution in [0.25, 0.3) is 11.1 Å². The normalized spacial score (nSPS) is 14.4. The van der Waals surface area contributed by atoms with Crippen molar-refractivity contribution in [1.29, 1.82) is 0 Å². The molecule has 29 heavy (non-hydrogen) atoms. The molecule has 0 spiro atoms. The van der Waals surface area contributed by atoms with E-state index < -0.39 is 10.0 Å². The van der Waals surface area contributed by atoms with Gasteiger partial charge in [-0.15, -0.1) is 0 Å². The number of nitrogens with zero attached hydrogens (tertiary/aromatic N) is 2. The van der Waals surface area contributed by atoms with Gasteiger partial charge in [-0.2, -0.15) is 4.31 Å². The molecule has 150 valence electrons. The topological polar surface area (TPSA) is 88.3 Å². The van der Waals surface area contributed by atoms with E-state index in [4.69, 9.17) is 17.3 Å². The minimum absolute atomic E-state index is 0.383. The third-order valence-electron chi connectivity index (χ3n) is 5.04. The van der Waals surface area contributed by atoms with E-state index in [0.29, 0.717) is 36.0 Å². The number of hydrogen-bond acceptors (Lipinski definition) is 5. The molecule has 1 aliphatic heterocycles. The Morgan fingerprint density at radius 1 is 1.17 bits per heavy atom. The van der Waals surface area contributed by atoms with E-state index in [1.807, 2.05) is 48.5 Å². The van der Waals surface area contributed by atoms with Crippen molar-refractivity contribution in [1.82, 2.24) is 9.29 Å². The highest BCUT2D eigenvalue weighted by atomic mass is 35.5. The summed E-state index contributed by atoms with van der Waals surface area (Å²) < 4.78 is 25.3. The second-order valence-corrected chi connectivity index (χ2v) is 9.48. The largest absolute Gasteiger partial charge is 0.399 e. The van der Waals surface area contributed by atoms with Crippen LogP contribution in [0.2, 0.25) is 5.02 Å². The molecule has 0 saturated heterocycles. The zero-order chi connectivity index (χ0) is 20.6. The summed E-state index contributed by atoms with van der Waals surface area (Å²) in [7, 11) is -3.21. The summed E-state index contributed by atoms with van der Waals surface area (Å²) in [5, 5.41) is 3.93. The molecule has 3 aromatic rings. The van der Waals surface area contributed by atoms with Gasteiger partial charge < -0.3 is 11.1 Å². The van der Waals surface area contributed by atoms with Crippen molar-refractivity contribution >= 4 is 38.8 Å². The number of sulfonamides is 1. The lowest BCUT2D eigenvalue weighted by atomic mass is 9.99. The number of nitrogen functional groups attached to an aromatic ring is 1. The molecule has 3 N–H and O–H groups in total. The minimum atomic E-state index is -3.21. The third-order valence-corrected chi connectivity index (χ3v) is 6.59. The maximum atomic E-state index is 11.9. The van der Waals surface area contributed by atoms with Gasteiger partial charge in [0.1, 0.15) is 5.82 Å². The molecule has 2 heterocycles. The Morgan fingerprint density at radius 2 is 1.93 bits per heavy atom. The lowest BCUT2D eigenvalue weighted by Crippen LogP contribution is -2.35. The zero-order valence-corrected chi connectivity index (χ0v) is 17.5. The first-order chi connectivity index (χ1) is 13.8. The van der Waals surface area contributed by atoms with E-state index in [9.17, 15) is 8.42 Å². The highest BCUT2D eigenvalue weighted by Gasteiger charge is 2.24. The number of rotatable bonds is 4. The van der Waals surface area contributed by atoms with Crippen molar-refractivity contribution < 1.29 is 8.42 Å². The fourth-order valence-corrected chi connectivity index (χ4v) is 4.52. The van der Waals surface area contributed by atoms with Gasteiger partial charge in [0.25, 0.3) is 0 Å². The molecule has 6 nitrogen and oxygen atoms in total. The maximum absolute atomic E-state index is 11.9. The second-order valence-electron chi connectivity index (χ2n) is 7.09. The molecule has 1 aromatic heterocycles. The molecule has 0 bridgehead atoms. The van der Waals surface area contributed by atoms with Gasteiger partial charge in [0.2, 0.25) is 10.0 Å². The summed E-state index contributed by atoms with van der Waals surface area (Å²) >= 11 is 6.36. The molecule has 0 fully saturated rings. The van der Waals surface area contributed by atoms with Gasteiger partial charge in [-0.1, -0.05) is 35.9 Å². The standard InChI is InChI=1S/C21H21ClN4O2S/c1-29(27,28)26-10-9-17-15(13-26)3-2-4-20(17)25-21-11-18(19(22)12-24-21)14-5-7-16(23)8-6-14/h2-8,11-12H,9-10,13,23H2,1H3,(H,24,25). The molecule has 0 radical (unpaired) electrons. The Kier molecular flexibility index (Phi) is 5.21. The highest BCUT2D eigenvalue weighted by Crippen LogP contribution is 2.33. The summed E-state index contributed by atoms with van der Waals surface area (Å²) in [5.41, 5.74) is 11.3. The van der Waals surface area contributed by atoms with E-state index in [2.05, 4.69) is 10.3 Å². The van der Waals surface area contributed by atoms with Crippen molar-refractivity contribution in [3.63, 3.8) is 0 Å². The lowest BCUT2D eigenvalue weighted by Gasteiger charge is -2.28. The molecule has 0 unspecified atom stereocenters. The summed E-state index contributed by atoms with van der Waals surface area (Å²) in [4.78, 5) is 4.41. The SMILES string of the molecule is CS(=O)(=O)N1CCc2c(cccc2Nc2cc(-c3ccc(N)cc3)c(Cl)cn2)C1. The molecular weight excluding hydrogens is 408 g/mol. The van der Waals surface area contributed by atoms with Crippen molar-refractivity contribution in [2.45, 2.75) is 13.0 Å². The van der Waals surface area contributed by atoms with Crippen LogP contribution in [0.5, 0.6) is 0 Å². The van der Waals surface area contributed by atoms with Gasteiger partial charge in [-0.05, 0) is 47.4 Å². The molecule has 4 rings (SSSR count). The van der Waals surface area contributed by atoms with Gasteiger partial charge in [-0.25, -0.2) is 13.4 Å². The average molecular weight is 429 g/mol. The van der Waals surface area contributed by atoms with Crippen LogP contribution in [0.1, 0.15) is 11.1 Å². The van der Waals surface area contributed by atoms with Crippen LogP contribution >= 0.6 is 11.6 Å². The smallest absolute Gasteiger partial charge is 0.211 e. The van der Waals surface area contributed by atoms with Gasteiger partial charge >= 0.3 is 0 Å². The first kappa shape index (κ1) is 19.7. The quantitative estimate of drug-likeness (QED) is 0.612. The van der Waals surface area contributed by atoms with E-state index >= 15 is 0 Å². The first-order valence-corrected chi connectivity index (χ1v) is 11.4. The van der Waals surface area contributed by atoms with Crippen LogP contribution in [-0.2, 0) is 23.0 Å². The van der Waals surface area contributed by atoms with Crippen LogP contribution < -0.4 is 11.1 Å². The van der Waals surface area contributed by atoms with E-state index in [1.165, 1.54) is 10.6 Å². The van der Waals surface area contributed by atoms with Gasteiger partial charge in [0, 0.05) is 36.2 Å². The maximum Gasteiger partial charge on any atom is 0.211 e. The Labute approximate surface area is 175 Å². The summed E-state index contributed by atoms with van der Waals surface area (Å²) in [6.07, 6.45) is 3.51. The molecule has 1 aliphatic rings. The zero-order valence-electron chi connectivity index (χ0n) is 15.9. The fourth-order valence-electron chi connectivity index (χ4n) is 3.51. The third kappa shape index (κ3) is 4.22. The number of anilines is 3. The van der Waals surface area contributed by atoms with E-state index in [-0.39, 0.29) is 0 Å². The summed E-state index contributed by atoms with van der Waals surface area (Å²) in [6, 6.07) is 15.3. The molecule has 0 atom stereocenters. The van der Waals surface area contributed by atoms with Crippen molar-refractivity contribution in [3.05, 3.63) is 70.9 Å². The number of nitrogens with one attached hydrogen (secondary N) is 1. The fraction of sp³-hybridized carbons (Fsp3) is 0.190. The van der Waals surface area contributed by atoms with Gasteiger partial charge in [0.15, 0.2) is 0 Å². The van der Waals surface area contributed by atoms with Gasteiger partial charge in [0.05, 0.1) is 11.3 Å². The van der Waals surface area contributed by atoms with Crippen LogP contribution in [0.15, 0.2) is 54.7 Å². The van der Waals surface area contributed by atoms with Crippen molar-refractivity contribution in [2.75, 3.05) is 23.9 Å². The number of fused-ring (bicyclic) bond motifs is 1. The summed E-state index contributed by atoms with van der Waals surface area (Å²) in [5.74, 6) is 0.667. The minimum Gasteiger partial charge on any atom is -0.399 e. The van der Waals surface area contributed by atoms with Crippen LogP contribution in [0, 0.1) is 0 Å². The Bertz CT molecular complexity index is 1160. The predicted octanol–water partition coefficient (Wildman–Crippen LogP) is 4.05. The Balaban J connectivity index is 1.64. The predicted molar refractivity (Wildman–Crippen MR) is 118 cm³/mol. The second kappa shape index (κ2) is 7.67.